The molecule has 1 aromatic rings. The van der Waals surface area contributed by atoms with Crippen molar-refractivity contribution in [2.45, 2.75) is 19.9 Å². The summed E-state index contributed by atoms with van der Waals surface area (Å²) >= 11 is 5.91. The molecule has 0 atom stereocenters. The molecule has 0 saturated carbocycles. The topological polar surface area (TPSA) is 40.5 Å². The largest absolute Gasteiger partial charge is 0.481 e. The van der Waals surface area contributed by atoms with Crippen LogP contribution in [0.5, 0.6) is 0 Å². The van der Waals surface area contributed by atoms with Gasteiger partial charge >= 0.3 is 5.97 Å². The Morgan fingerprint density at radius 2 is 2.24 bits per heavy atom. The zero-order valence-electron chi connectivity index (χ0n) is 9.62. The van der Waals surface area contributed by atoms with Crippen molar-refractivity contribution in [1.29, 1.82) is 0 Å². The molecule has 94 valence electrons. The van der Waals surface area contributed by atoms with Gasteiger partial charge in [-0.3, -0.25) is 9.69 Å². The molecule has 17 heavy (non-hydrogen) atoms. The fourth-order valence-electron chi connectivity index (χ4n) is 1.49. The van der Waals surface area contributed by atoms with Gasteiger partial charge in [0.2, 0.25) is 0 Å². The van der Waals surface area contributed by atoms with E-state index in [4.69, 9.17) is 16.7 Å². The van der Waals surface area contributed by atoms with Gasteiger partial charge in [0.15, 0.2) is 0 Å². The first kappa shape index (κ1) is 13.9. The Morgan fingerprint density at radius 3 is 2.76 bits per heavy atom. The van der Waals surface area contributed by atoms with Crippen LogP contribution in [0, 0.1) is 5.82 Å². The van der Waals surface area contributed by atoms with Gasteiger partial charge < -0.3 is 5.11 Å². The highest BCUT2D eigenvalue weighted by molar-refractivity contribution is 6.31. The first-order valence-electron chi connectivity index (χ1n) is 5.41. The maximum absolute atomic E-state index is 12.8. The average molecular weight is 260 g/mol. The molecule has 0 spiro atoms. The summed E-state index contributed by atoms with van der Waals surface area (Å²) in [5, 5.41) is 8.99. The maximum atomic E-state index is 12.8. The molecule has 5 heteroatoms. The third-order valence-electron chi connectivity index (χ3n) is 2.50. The molecule has 0 aliphatic carbocycles. The van der Waals surface area contributed by atoms with E-state index >= 15 is 0 Å². The highest BCUT2D eigenvalue weighted by atomic mass is 35.5. The molecule has 0 heterocycles. The first-order valence-corrected chi connectivity index (χ1v) is 5.78. The van der Waals surface area contributed by atoms with E-state index in [9.17, 15) is 9.18 Å². The van der Waals surface area contributed by atoms with Crippen LogP contribution in [0.1, 0.15) is 18.9 Å². The molecule has 1 rings (SSSR count). The Kier molecular flexibility index (Phi) is 5.38. The summed E-state index contributed by atoms with van der Waals surface area (Å²) in [7, 11) is 0. The summed E-state index contributed by atoms with van der Waals surface area (Å²) in [6.07, 6.45) is 0.0899. The molecule has 0 aliphatic rings. The summed E-state index contributed by atoms with van der Waals surface area (Å²) in [5.41, 5.74) is 0.806. The van der Waals surface area contributed by atoms with Crippen LogP contribution in [0.15, 0.2) is 18.2 Å². The summed E-state index contributed by atoms with van der Waals surface area (Å²) in [6.45, 7) is 3.66. The number of aliphatic carboxylic acids is 1. The normalized spacial score (nSPS) is 10.8. The van der Waals surface area contributed by atoms with Crippen molar-refractivity contribution in [3.8, 4) is 0 Å². The molecule has 0 fully saturated rings. The summed E-state index contributed by atoms with van der Waals surface area (Å²) in [5.74, 6) is -1.19. The standard InChI is InChI=1S/C12H15ClFNO2/c1-2-15(6-5-12(16)17)8-9-3-4-10(14)7-11(9)13/h3-4,7H,2,5-6,8H2,1H3,(H,16,17). The fourth-order valence-corrected chi connectivity index (χ4v) is 1.72. The van der Waals surface area contributed by atoms with Gasteiger partial charge in [-0.2, -0.15) is 0 Å². The Labute approximate surface area is 105 Å². The van der Waals surface area contributed by atoms with Gasteiger partial charge in [-0.15, -0.1) is 0 Å². The van der Waals surface area contributed by atoms with Crippen molar-refractivity contribution in [1.82, 2.24) is 4.90 Å². The van der Waals surface area contributed by atoms with Crippen molar-refractivity contribution in [2.75, 3.05) is 13.1 Å². The van der Waals surface area contributed by atoms with Crippen LogP contribution in [0.4, 0.5) is 4.39 Å². The number of carboxylic acid groups (broad SMARTS) is 1. The molecular formula is C12H15ClFNO2. The number of nitrogens with zero attached hydrogens (tertiary/aromatic N) is 1. The van der Waals surface area contributed by atoms with E-state index < -0.39 is 5.97 Å². The van der Waals surface area contributed by atoms with Crippen LogP contribution in [0.3, 0.4) is 0 Å². The molecule has 0 aliphatic heterocycles. The van der Waals surface area contributed by atoms with Gasteiger partial charge in [0, 0.05) is 18.1 Å². The van der Waals surface area contributed by atoms with E-state index in [1.165, 1.54) is 12.1 Å². The number of hydrogen-bond acceptors (Lipinski definition) is 2. The summed E-state index contributed by atoms with van der Waals surface area (Å²) in [6, 6.07) is 4.25. The minimum atomic E-state index is -0.825. The second-order valence-electron chi connectivity index (χ2n) is 3.75. The van der Waals surface area contributed by atoms with Gasteiger partial charge in [0.1, 0.15) is 5.82 Å². The van der Waals surface area contributed by atoms with Gasteiger partial charge in [0.25, 0.3) is 0 Å². The van der Waals surface area contributed by atoms with Crippen molar-refractivity contribution in [3.63, 3.8) is 0 Å². The van der Waals surface area contributed by atoms with E-state index in [1.807, 2.05) is 11.8 Å². The van der Waals surface area contributed by atoms with Gasteiger partial charge in [-0.25, -0.2) is 4.39 Å². The molecule has 0 radical (unpaired) electrons. The van der Waals surface area contributed by atoms with Crippen molar-refractivity contribution in [2.24, 2.45) is 0 Å². The molecule has 1 aromatic carbocycles. The second kappa shape index (κ2) is 6.57. The highest BCUT2D eigenvalue weighted by Crippen LogP contribution is 2.19. The van der Waals surface area contributed by atoms with E-state index in [-0.39, 0.29) is 12.2 Å². The van der Waals surface area contributed by atoms with E-state index in [2.05, 4.69) is 0 Å². The van der Waals surface area contributed by atoms with Crippen molar-refractivity contribution in [3.05, 3.63) is 34.6 Å². The lowest BCUT2D eigenvalue weighted by molar-refractivity contribution is -0.137. The highest BCUT2D eigenvalue weighted by Gasteiger charge is 2.09. The van der Waals surface area contributed by atoms with Crippen LogP contribution in [0.2, 0.25) is 5.02 Å². The lowest BCUT2D eigenvalue weighted by Crippen LogP contribution is -2.25. The Balaban J connectivity index is 2.63. The minimum Gasteiger partial charge on any atom is -0.481 e. The third kappa shape index (κ3) is 4.71. The molecular weight excluding hydrogens is 245 g/mol. The van der Waals surface area contributed by atoms with Crippen molar-refractivity contribution >= 4 is 17.6 Å². The molecule has 1 N–H and O–H groups in total. The number of halogens is 2. The number of rotatable bonds is 6. The number of carboxylic acids is 1. The summed E-state index contributed by atoms with van der Waals surface area (Å²) in [4.78, 5) is 12.4. The zero-order valence-corrected chi connectivity index (χ0v) is 10.4. The van der Waals surface area contributed by atoms with E-state index in [0.717, 1.165) is 12.1 Å². The van der Waals surface area contributed by atoms with Gasteiger partial charge in [0.05, 0.1) is 6.42 Å². The lowest BCUT2D eigenvalue weighted by Gasteiger charge is -2.20. The third-order valence-corrected chi connectivity index (χ3v) is 2.85. The van der Waals surface area contributed by atoms with Gasteiger partial charge in [-0.1, -0.05) is 24.6 Å². The molecule has 3 nitrogen and oxygen atoms in total. The number of benzene rings is 1. The van der Waals surface area contributed by atoms with Gasteiger partial charge in [-0.05, 0) is 24.2 Å². The lowest BCUT2D eigenvalue weighted by atomic mass is 10.2. The molecule has 0 bridgehead atoms. The van der Waals surface area contributed by atoms with Crippen LogP contribution in [-0.2, 0) is 11.3 Å². The molecule has 0 amide bonds. The predicted octanol–water partition coefficient (Wildman–Crippen LogP) is 2.78. The summed E-state index contributed by atoms with van der Waals surface area (Å²) < 4.78 is 12.8. The maximum Gasteiger partial charge on any atom is 0.304 e. The van der Waals surface area contributed by atoms with Crippen LogP contribution >= 0.6 is 11.6 Å². The molecule has 0 unspecified atom stereocenters. The minimum absolute atomic E-state index is 0.0899. The number of carbonyl (C=O) groups is 1. The quantitative estimate of drug-likeness (QED) is 0.854. The molecule has 0 aromatic heterocycles. The number of hydrogen-bond donors (Lipinski definition) is 1. The van der Waals surface area contributed by atoms with Crippen LogP contribution < -0.4 is 0 Å². The monoisotopic (exact) mass is 259 g/mol. The predicted molar refractivity (Wildman–Crippen MR) is 64.6 cm³/mol. The Bertz CT molecular complexity index is 398. The Morgan fingerprint density at radius 1 is 1.53 bits per heavy atom. The van der Waals surface area contributed by atoms with E-state index in [1.54, 1.807) is 6.07 Å². The molecule has 0 saturated heterocycles. The zero-order chi connectivity index (χ0) is 12.8. The fraction of sp³-hybridized carbons (Fsp3) is 0.417. The first-order chi connectivity index (χ1) is 8.02. The second-order valence-corrected chi connectivity index (χ2v) is 4.16. The average Bonchev–Trinajstić information content (AvgIpc) is 2.26. The van der Waals surface area contributed by atoms with Crippen molar-refractivity contribution < 1.29 is 14.3 Å². The SMILES string of the molecule is CCN(CCC(=O)O)Cc1ccc(F)cc1Cl. The van der Waals surface area contributed by atoms with Crippen LogP contribution in [-0.4, -0.2) is 29.1 Å². The van der Waals surface area contributed by atoms with Crippen LogP contribution in [0.25, 0.3) is 0 Å². The van der Waals surface area contributed by atoms with E-state index in [0.29, 0.717) is 18.1 Å². The smallest absolute Gasteiger partial charge is 0.304 e. The Hall–Kier alpha value is -1.13.